The van der Waals surface area contributed by atoms with Crippen LogP contribution in [0.4, 0.5) is 8.78 Å². The van der Waals surface area contributed by atoms with Gasteiger partial charge in [-0.25, -0.2) is 8.42 Å². The monoisotopic (exact) mass is 404 g/mol. The Morgan fingerprint density at radius 1 is 1.38 bits per heavy atom. The van der Waals surface area contributed by atoms with E-state index in [0.29, 0.717) is 13.0 Å². The van der Waals surface area contributed by atoms with Crippen molar-refractivity contribution in [2.75, 3.05) is 6.54 Å². The topological polar surface area (TPSA) is 72.6 Å². The molecule has 0 radical (unpaired) electrons. The van der Waals surface area contributed by atoms with Crippen molar-refractivity contribution in [2.24, 2.45) is 5.73 Å². The van der Waals surface area contributed by atoms with Gasteiger partial charge in [-0.05, 0) is 38.0 Å². The lowest BCUT2D eigenvalue weighted by atomic mass is 10.00. The molecular weight excluding hydrogens is 385 g/mol. The van der Waals surface area contributed by atoms with E-state index in [9.17, 15) is 17.2 Å². The minimum atomic E-state index is -3.80. The van der Waals surface area contributed by atoms with E-state index in [-0.39, 0.29) is 40.2 Å². The van der Waals surface area contributed by atoms with Crippen LogP contribution < -0.4 is 10.5 Å². The maximum Gasteiger partial charge on any atom is 0.387 e. The minimum absolute atomic E-state index is 0. The summed E-state index contributed by atoms with van der Waals surface area (Å²) >= 11 is 5.85. The molecule has 0 aliphatic carbocycles. The van der Waals surface area contributed by atoms with Crippen LogP contribution >= 0.6 is 24.0 Å². The summed E-state index contributed by atoms with van der Waals surface area (Å²) < 4.78 is 55.7. The molecule has 138 valence electrons. The summed E-state index contributed by atoms with van der Waals surface area (Å²) in [5, 5.41) is -0.180. The number of rotatable bonds is 5. The molecule has 1 aromatic carbocycles. The normalized spacial score (nSPS) is 20.5. The summed E-state index contributed by atoms with van der Waals surface area (Å²) in [6.45, 7) is -0.883. The summed E-state index contributed by atoms with van der Waals surface area (Å²) in [7, 11) is -3.80. The number of piperidine rings is 1. The molecule has 5 nitrogen and oxygen atoms in total. The highest BCUT2D eigenvalue weighted by molar-refractivity contribution is 7.89. The van der Waals surface area contributed by atoms with Gasteiger partial charge in [-0.3, -0.25) is 0 Å². The third kappa shape index (κ3) is 4.70. The highest BCUT2D eigenvalue weighted by atomic mass is 35.5. The molecule has 0 saturated carbocycles. The van der Waals surface area contributed by atoms with Crippen LogP contribution in [0.1, 0.15) is 26.2 Å². The molecule has 1 fully saturated rings. The molecule has 2 atom stereocenters. The van der Waals surface area contributed by atoms with E-state index in [1.165, 1.54) is 10.4 Å². The van der Waals surface area contributed by atoms with Crippen LogP contribution in [0.5, 0.6) is 5.75 Å². The van der Waals surface area contributed by atoms with Crippen LogP contribution in [0, 0.1) is 0 Å². The Morgan fingerprint density at radius 3 is 2.58 bits per heavy atom. The molecule has 0 amide bonds. The predicted molar refractivity (Wildman–Crippen MR) is 90.5 cm³/mol. The van der Waals surface area contributed by atoms with E-state index in [4.69, 9.17) is 17.3 Å². The van der Waals surface area contributed by atoms with Gasteiger partial charge in [-0.15, -0.1) is 12.4 Å². The van der Waals surface area contributed by atoms with Gasteiger partial charge in [0.05, 0.1) is 9.92 Å². The maximum atomic E-state index is 12.8. The molecule has 1 aliphatic rings. The van der Waals surface area contributed by atoms with E-state index in [2.05, 4.69) is 4.74 Å². The first-order chi connectivity index (χ1) is 10.7. The largest absolute Gasteiger partial charge is 0.433 e. The van der Waals surface area contributed by atoms with E-state index >= 15 is 0 Å². The summed E-state index contributed by atoms with van der Waals surface area (Å²) in [4.78, 5) is -0.0586. The van der Waals surface area contributed by atoms with E-state index < -0.39 is 16.6 Å². The Hall–Kier alpha value is -0.670. The number of sulfonamides is 1. The van der Waals surface area contributed by atoms with Crippen LogP contribution in [-0.4, -0.2) is 38.0 Å². The smallest absolute Gasteiger partial charge is 0.387 e. The van der Waals surface area contributed by atoms with Crippen molar-refractivity contribution < 1.29 is 21.9 Å². The van der Waals surface area contributed by atoms with Gasteiger partial charge < -0.3 is 10.5 Å². The summed E-state index contributed by atoms with van der Waals surface area (Å²) in [6.07, 6.45) is 2.36. The second-order valence-electron chi connectivity index (χ2n) is 5.51. The highest BCUT2D eigenvalue weighted by Gasteiger charge is 2.35. The Labute approximate surface area is 151 Å². The number of hydrogen-bond acceptors (Lipinski definition) is 4. The standard InChI is InChI=1S/C14H19ClF2N2O3S.ClH/c1-9(18)12-4-2-3-7-19(12)23(20,21)10-5-6-13(11(15)8-10)22-14(16)17;/h5-6,8-9,12,14H,2-4,7,18H2,1H3;1H. The number of ether oxygens (including phenoxy) is 1. The fourth-order valence-corrected chi connectivity index (χ4v) is 4.81. The molecule has 0 spiro atoms. The third-order valence-electron chi connectivity index (χ3n) is 3.83. The number of nitrogens with zero attached hydrogens (tertiary/aromatic N) is 1. The molecule has 1 aliphatic heterocycles. The fourth-order valence-electron chi connectivity index (χ4n) is 2.72. The zero-order valence-electron chi connectivity index (χ0n) is 13.0. The molecule has 1 saturated heterocycles. The summed E-state index contributed by atoms with van der Waals surface area (Å²) in [6, 6.07) is 2.88. The molecule has 1 heterocycles. The van der Waals surface area contributed by atoms with Gasteiger partial charge in [-0.2, -0.15) is 13.1 Å². The van der Waals surface area contributed by atoms with Crippen molar-refractivity contribution in [3.8, 4) is 5.75 Å². The average molecular weight is 405 g/mol. The van der Waals surface area contributed by atoms with Crippen molar-refractivity contribution in [2.45, 2.75) is 49.8 Å². The quantitative estimate of drug-likeness (QED) is 0.817. The molecule has 24 heavy (non-hydrogen) atoms. The van der Waals surface area contributed by atoms with Crippen LogP contribution in [0.2, 0.25) is 5.02 Å². The predicted octanol–water partition coefficient (Wildman–Crippen LogP) is 3.25. The van der Waals surface area contributed by atoms with Crippen LogP contribution in [0.25, 0.3) is 0 Å². The number of nitrogens with two attached hydrogens (primary N) is 1. The van der Waals surface area contributed by atoms with Gasteiger partial charge in [0, 0.05) is 18.6 Å². The van der Waals surface area contributed by atoms with Gasteiger partial charge in [0.2, 0.25) is 10.0 Å². The molecular formula is C14H20Cl2F2N2O3S. The highest BCUT2D eigenvalue weighted by Crippen LogP contribution is 2.32. The van der Waals surface area contributed by atoms with Crippen LogP contribution in [-0.2, 0) is 10.0 Å². The van der Waals surface area contributed by atoms with E-state index in [0.717, 1.165) is 25.0 Å². The van der Waals surface area contributed by atoms with Gasteiger partial charge in [0.15, 0.2) is 0 Å². The fraction of sp³-hybridized carbons (Fsp3) is 0.571. The average Bonchev–Trinajstić information content (AvgIpc) is 2.48. The maximum absolute atomic E-state index is 12.8. The lowest BCUT2D eigenvalue weighted by Gasteiger charge is -2.36. The van der Waals surface area contributed by atoms with Crippen molar-refractivity contribution in [3.63, 3.8) is 0 Å². The molecule has 10 heteroatoms. The SMILES string of the molecule is CC(N)C1CCCCN1S(=O)(=O)c1ccc(OC(F)F)c(Cl)c1.Cl. The van der Waals surface area contributed by atoms with Gasteiger partial charge >= 0.3 is 6.61 Å². The first-order valence-electron chi connectivity index (χ1n) is 7.25. The van der Waals surface area contributed by atoms with Crippen molar-refractivity contribution in [1.82, 2.24) is 4.31 Å². The first-order valence-corrected chi connectivity index (χ1v) is 9.07. The van der Waals surface area contributed by atoms with Crippen molar-refractivity contribution in [1.29, 1.82) is 0 Å². The molecule has 2 rings (SSSR count). The zero-order valence-corrected chi connectivity index (χ0v) is 15.4. The Bertz CT molecular complexity index is 659. The molecule has 2 N–H and O–H groups in total. The molecule has 0 bridgehead atoms. The first kappa shape index (κ1) is 21.4. The van der Waals surface area contributed by atoms with Crippen molar-refractivity contribution in [3.05, 3.63) is 23.2 Å². The summed E-state index contributed by atoms with van der Waals surface area (Å²) in [5.41, 5.74) is 5.91. The van der Waals surface area contributed by atoms with Crippen molar-refractivity contribution >= 4 is 34.0 Å². The zero-order chi connectivity index (χ0) is 17.2. The molecule has 1 aromatic rings. The lowest BCUT2D eigenvalue weighted by Crippen LogP contribution is -2.51. The van der Waals surface area contributed by atoms with E-state index in [1.54, 1.807) is 6.92 Å². The molecule has 0 aromatic heterocycles. The Kier molecular flexibility index (Phi) is 7.68. The number of halogens is 4. The van der Waals surface area contributed by atoms with Crippen LogP contribution in [0.15, 0.2) is 23.1 Å². The molecule has 2 unspecified atom stereocenters. The van der Waals surface area contributed by atoms with Gasteiger partial charge in [0.1, 0.15) is 5.75 Å². The second kappa shape index (κ2) is 8.62. The minimum Gasteiger partial charge on any atom is -0.433 e. The lowest BCUT2D eigenvalue weighted by molar-refractivity contribution is -0.0498. The van der Waals surface area contributed by atoms with Crippen LogP contribution in [0.3, 0.4) is 0 Å². The Balaban J connectivity index is 0.00000288. The van der Waals surface area contributed by atoms with Gasteiger partial charge in [-0.1, -0.05) is 18.0 Å². The number of benzene rings is 1. The Morgan fingerprint density at radius 2 is 2.04 bits per heavy atom. The van der Waals surface area contributed by atoms with Gasteiger partial charge in [0.25, 0.3) is 0 Å². The number of hydrogen-bond donors (Lipinski definition) is 1. The summed E-state index contributed by atoms with van der Waals surface area (Å²) in [5.74, 6) is -0.261. The van der Waals surface area contributed by atoms with E-state index in [1.807, 2.05) is 0 Å². The second-order valence-corrected chi connectivity index (χ2v) is 7.81. The number of alkyl halides is 2. The third-order valence-corrected chi connectivity index (χ3v) is 6.05.